The lowest BCUT2D eigenvalue weighted by atomic mass is 10.2. The molecule has 3 nitrogen and oxygen atoms in total. The molecule has 86 valence electrons. The molecule has 0 bridgehead atoms. The summed E-state index contributed by atoms with van der Waals surface area (Å²) in [5.74, 6) is 1.10. The zero-order valence-electron chi connectivity index (χ0n) is 8.61. The smallest absolute Gasteiger partial charge is 0.258 e. The minimum absolute atomic E-state index is 0.162. The van der Waals surface area contributed by atoms with Gasteiger partial charge >= 0.3 is 0 Å². The Morgan fingerprint density at radius 1 is 1.62 bits per heavy atom. The Balaban J connectivity index is 2.19. The highest BCUT2D eigenvalue weighted by Gasteiger charge is 2.16. The molecule has 2 heterocycles. The van der Waals surface area contributed by atoms with Crippen LogP contribution in [0.4, 0.5) is 0 Å². The van der Waals surface area contributed by atoms with E-state index in [2.05, 4.69) is 33.0 Å². The first-order chi connectivity index (χ1) is 7.70. The maximum Gasteiger partial charge on any atom is 0.258 e. The van der Waals surface area contributed by atoms with E-state index in [1.165, 1.54) is 0 Å². The number of hydrogen-bond acceptors (Lipinski definition) is 4. The third-order valence-corrected chi connectivity index (χ3v) is 4.00. The second kappa shape index (κ2) is 5.29. The van der Waals surface area contributed by atoms with Crippen molar-refractivity contribution in [3.8, 4) is 11.5 Å². The van der Waals surface area contributed by atoms with Crippen molar-refractivity contribution in [2.24, 2.45) is 0 Å². The van der Waals surface area contributed by atoms with E-state index in [1.807, 2.05) is 11.4 Å². The van der Waals surface area contributed by atoms with Crippen molar-refractivity contribution < 1.29 is 4.52 Å². The lowest BCUT2D eigenvalue weighted by Crippen LogP contribution is -1.92. The van der Waals surface area contributed by atoms with E-state index < -0.39 is 0 Å². The lowest BCUT2D eigenvalue weighted by molar-refractivity contribution is 0.420. The van der Waals surface area contributed by atoms with Crippen LogP contribution >= 0.6 is 38.9 Å². The van der Waals surface area contributed by atoms with Gasteiger partial charge in [0.05, 0.1) is 14.7 Å². The van der Waals surface area contributed by atoms with Crippen molar-refractivity contribution in [3.63, 3.8) is 0 Å². The highest BCUT2D eigenvalue weighted by molar-refractivity contribution is 9.11. The first kappa shape index (κ1) is 12.1. The van der Waals surface area contributed by atoms with Crippen LogP contribution in [-0.2, 0) is 0 Å². The van der Waals surface area contributed by atoms with E-state index in [0.717, 1.165) is 22.2 Å². The Bertz CT molecular complexity index is 471. The van der Waals surface area contributed by atoms with Crippen molar-refractivity contribution in [1.29, 1.82) is 0 Å². The largest absolute Gasteiger partial charge is 0.334 e. The molecule has 1 unspecified atom stereocenters. The molecule has 6 heteroatoms. The van der Waals surface area contributed by atoms with Crippen LogP contribution in [0.5, 0.6) is 0 Å². The van der Waals surface area contributed by atoms with Gasteiger partial charge in [0.1, 0.15) is 0 Å². The van der Waals surface area contributed by atoms with Gasteiger partial charge in [0, 0.05) is 5.38 Å². The molecule has 0 N–H and O–H groups in total. The van der Waals surface area contributed by atoms with Crippen LogP contribution in [0, 0.1) is 0 Å². The zero-order chi connectivity index (χ0) is 11.5. The van der Waals surface area contributed by atoms with Crippen molar-refractivity contribution in [2.75, 3.05) is 0 Å². The fourth-order valence-electron chi connectivity index (χ4n) is 1.28. The van der Waals surface area contributed by atoms with Crippen LogP contribution in [0.15, 0.2) is 19.8 Å². The van der Waals surface area contributed by atoms with Gasteiger partial charge in [-0.3, -0.25) is 0 Å². The van der Waals surface area contributed by atoms with Gasteiger partial charge in [-0.2, -0.15) is 4.98 Å². The Morgan fingerprint density at radius 3 is 3.06 bits per heavy atom. The van der Waals surface area contributed by atoms with Gasteiger partial charge in [-0.1, -0.05) is 18.5 Å². The molecule has 2 aromatic rings. The second-order valence-corrected chi connectivity index (χ2v) is 6.17. The first-order valence-electron chi connectivity index (χ1n) is 4.92. The second-order valence-electron chi connectivity index (χ2n) is 3.35. The maximum absolute atomic E-state index is 6.12. The molecule has 0 aliphatic rings. The van der Waals surface area contributed by atoms with Crippen molar-refractivity contribution >= 4 is 38.9 Å². The molecule has 0 spiro atoms. The molecule has 2 rings (SSSR count). The SMILES string of the molecule is CCCC(Cl)c1noc(-c2csc(Br)c2)n1. The third-order valence-electron chi connectivity index (χ3n) is 2.08. The zero-order valence-corrected chi connectivity index (χ0v) is 11.8. The van der Waals surface area contributed by atoms with Crippen LogP contribution in [-0.4, -0.2) is 10.1 Å². The summed E-state index contributed by atoms with van der Waals surface area (Å²) in [6, 6.07) is 1.95. The fraction of sp³-hybridized carbons (Fsp3) is 0.400. The summed E-state index contributed by atoms with van der Waals surface area (Å²) >= 11 is 11.1. The van der Waals surface area contributed by atoms with E-state index in [1.54, 1.807) is 11.3 Å². The van der Waals surface area contributed by atoms with Gasteiger partial charge in [-0.25, -0.2) is 0 Å². The highest BCUT2D eigenvalue weighted by Crippen LogP contribution is 2.30. The molecule has 0 amide bonds. The van der Waals surface area contributed by atoms with Gasteiger partial charge in [-0.15, -0.1) is 22.9 Å². The Morgan fingerprint density at radius 2 is 2.44 bits per heavy atom. The maximum atomic E-state index is 6.12. The average molecular weight is 322 g/mol. The van der Waals surface area contributed by atoms with Crippen LogP contribution in [0.1, 0.15) is 31.0 Å². The average Bonchev–Trinajstić information content (AvgIpc) is 2.85. The molecule has 0 aliphatic heterocycles. The number of thiophene rings is 1. The monoisotopic (exact) mass is 320 g/mol. The van der Waals surface area contributed by atoms with Crippen molar-refractivity contribution in [3.05, 3.63) is 21.1 Å². The Labute approximate surface area is 111 Å². The van der Waals surface area contributed by atoms with Crippen LogP contribution in [0.3, 0.4) is 0 Å². The molecule has 2 aromatic heterocycles. The van der Waals surface area contributed by atoms with E-state index in [4.69, 9.17) is 16.1 Å². The minimum Gasteiger partial charge on any atom is -0.334 e. The van der Waals surface area contributed by atoms with Crippen LogP contribution < -0.4 is 0 Å². The summed E-state index contributed by atoms with van der Waals surface area (Å²) in [5.41, 5.74) is 0.927. The number of halogens is 2. The molecular formula is C10H10BrClN2OS. The van der Waals surface area contributed by atoms with Gasteiger partial charge in [0.25, 0.3) is 5.89 Å². The lowest BCUT2D eigenvalue weighted by Gasteiger charge is -1.99. The normalized spacial score (nSPS) is 12.9. The summed E-state index contributed by atoms with van der Waals surface area (Å²) < 4.78 is 6.21. The molecule has 0 radical (unpaired) electrons. The predicted octanol–water partition coefficient (Wildman–Crippen LogP) is 4.64. The number of aromatic nitrogens is 2. The number of rotatable bonds is 4. The summed E-state index contributed by atoms with van der Waals surface area (Å²) in [5, 5.41) is 5.69. The van der Waals surface area contributed by atoms with E-state index in [0.29, 0.717) is 11.7 Å². The summed E-state index contributed by atoms with van der Waals surface area (Å²) in [6.45, 7) is 2.08. The van der Waals surface area contributed by atoms with Gasteiger partial charge in [0.15, 0.2) is 5.82 Å². The molecule has 1 atom stereocenters. The van der Waals surface area contributed by atoms with E-state index in [-0.39, 0.29) is 5.38 Å². The van der Waals surface area contributed by atoms with Crippen LogP contribution in [0.25, 0.3) is 11.5 Å². The summed E-state index contributed by atoms with van der Waals surface area (Å²) in [7, 11) is 0. The van der Waals surface area contributed by atoms with Crippen LogP contribution in [0.2, 0.25) is 0 Å². The summed E-state index contributed by atoms with van der Waals surface area (Å²) in [6.07, 6.45) is 1.86. The van der Waals surface area contributed by atoms with E-state index in [9.17, 15) is 0 Å². The third kappa shape index (κ3) is 2.64. The predicted molar refractivity (Wildman–Crippen MR) is 68.8 cm³/mol. The minimum atomic E-state index is -0.162. The number of alkyl halides is 1. The standard InChI is InChI=1S/C10H10BrClN2OS/c1-2-3-7(12)9-13-10(15-14-9)6-4-8(11)16-5-6/h4-5,7H,2-3H2,1H3. The molecule has 0 aliphatic carbocycles. The van der Waals surface area contributed by atoms with Gasteiger partial charge in [0.2, 0.25) is 0 Å². The molecule has 0 aromatic carbocycles. The Hall–Kier alpha value is -0.390. The highest BCUT2D eigenvalue weighted by atomic mass is 79.9. The first-order valence-corrected chi connectivity index (χ1v) is 7.03. The summed E-state index contributed by atoms with van der Waals surface area (Å²) in [4.78, 5) is 4.29. The molecule has 0 saturated heterocycles. The molecule has 0 saturated carbocycles. The Kier molecular flexibility index (Phi) is 4.00. The number of hydrogen-bond donors (Lipinski definition) is 0. The fourth-order valence-corrected chi connectivity index (χ4v) is 2.72. The topological polar surface area (TPSA) is 38.9 Å². The number of nitrogens with zero attached hydrogens (tertiary/aromatic N) is 2. The van der Waals surface area contributed by atoms with Crippen molar-refractivity contribution in [1.82, 2.24) is 10.1 Å². The quantitative estimate of drug-likeness (QED) is 0.770. The van der Waals surface area contributed by atoms with Gasteiger partial charge < -0.3 is 4.52 Å². The molecule has 16 heavy (non-hydrogen) atoms. The molecule has 0 fully saturated rings. The van der Waals surface area contributed by atoms with Gasteiger partial charge in [-0.05, 0) is 28.4 Å². The van der Waals surface area contributed by atoms with E-state index >= 15 is 0 Å². The van der Waals surface area contributed by atoms with Crippen molar-refractivity contribution in [2.45, 2.75) is 25.1 Å². The molecular weight excluding hydrogens is 312 g/mol.